The van der Waals surface area contributed by atoms with E-state index in [9.17, 15) is 22.8 Å². The van der Waals surface area contributed by atoms with Gasteiger partial charge in [-0.1, -0.05) is 0 Å². The van der Waals surface area contributed by atoms with E-state index in [2.05, 4.69) is 4.98 Å². The Morgan fingerprint density at radius 2 is 1.94 bits per heavy atom. The number of nitrogens with zero attached hydrogens (tertiary/aromatic N) is 3. The first-order chi connectivity index (χ1) is 7.73. The van der Waals surface area contributed by atoms with Crippen LogP contribution in [0, 0.1) is 0 Å². The molecule has 5 nitrogen and oxygen atoms in total. The molecule has 0 fully saturated rings. The molecule has 0 bridgehead atoms. The molecule has 2 heterocycles. The number of amides is 1. The maximum atomic E-state index is 12.6. The minimum absolute atomic E-state index is 0.266. The molecule has 0 saturated heterocycles. The Bertz CT molecular complexity index is 566. The number of rotatable bonds is 0. The molecular formula is C8H7BF3N3O2. The van der Waals surface area contributed by atoms with Gasteiger partial charge in [0.2, 0.25) is 17.4 Å². The molecule has 1 amide bonds. The largest absolute Gasteiger partial charge is 0.433 e. The van der Waals surface area contributed by atoms with Crippen molar-refractivity contribution in [2.24, 2.45) is 0 Å². The lowest BCUT2D eigenvalue weighted by Crippen LogP contribution is -2.40. The third kappa shape index (κ3) is 1.61. The SMILES string of the molecule is Bc1c(C(F)(F)F)nc2n(c1=O)CC(=O)N2C. The van der Waals surface area contributed by atoms with Crippen LogP contribution in [0.4, 0.5) is 19.1 Å². The molecule has 0 aliphatic carbocycles. The van der Waals surface area contributed by atoms with Crippen LogP contribution in [0.15, 0.2) is 4.79 Å². The Kier molecular flexibility index (Phi) is 2.30. The molecule has 9 heteroatoms. The van der Waals surface area contributed by atoms with Crippen LogP contribution in [0.1, 0.15) is 5.69 Å². The molecule has 1 aromatic heterocycles. The molecule has 0 atom stereocenters. The quantitative estimate of drug-likeness (QED) is 0.522. The molecule has 0 radical (unpaired) electrons. The second-order valence-corrected chi connectivity index (χ2v) is 3.73. The molecule has 1 aromatic rings. The van der Waals surface area contributed by atoms with E-state index >= 15 is 0 Å². The van der Waals surface area contributed by atoms with Crippen molar-refractivity contribution < 1.29 is 18.0 Å². The summed E-state index contributed by atoms with van der Waals surface area (Å²) in [4.78, 5) is 27.3. The Hall–Kier alpha value is -1.80. The fourth-order valence-corrected chi connectivity index (χ4v) is 1.67. The van der Waals surface area contributed by atoms with Crippen LogP contribution in [0.2, 0.25) is 0 Å². The summed E-state index contributed by atoms with van der Waals surface area (Å²) in [5.74, 6) is -0.730. The highest BCUT2D eigenvalue weighted by atomic mass is 19.4. The number of halogens is 3. The molecule has 0 spiro atoms. The maximum absolute atomic E-state index is 12.6. The number of aromatic nitrogens is 2. The number of anilines is 1. The van der Waals surface area contributed by atoms with E-state index in [4.69, 9.17) is 0 Å². The van der Waals surface area contributed by atoms with E-state index in [1.165, 1.54) is 7.05 Å². The predicted octanol–water partition coefficient (Wildman–Crippen LogP) is -1.50. The zero-order valence-corrected chi connectivity index (χ0v) is 9.00. The summed E-state index contributed by atoms with van der Waals surface area (Å²) in [7, 11) is 2.33. The lowest BCUT2D eigenvalue weighted by Gasteiger charge is -2.13. The van der Waals surface area contributed by atoms with Crippen LogP contribution >= 0.6 is 0 Å². The Labute approximate surface area is 94.3 Å². The molecular weight excluding hydrogens is 238 g/mol. The smallest absolute Gasteiger partial charge is 0.284 e. The van der Waals surface area contributed by atoms with Gasteiger partial charge in [0.15, 0.2) is 0 Å². The summed E-state index contributed by atoms with van der Waals surface area (Å²) < 4.78 is 38.8. The minimum atomic E-state index is -4.70. The van der Waals surface area contributed by atoms with E-state index in [1.54, 1.807) is 0 Å². The third-order valence-electron chi connectivity index (χ3n) is 2.61. The average molecular weight is 245 g/mol. The fraction of sp³-hybridized carbons (Fsp3) is 0.375. The highest BCUT2D eigenvalue weighted by Crippen LogP contribution is 2.27. The summed E-state index contributed by atoms with van der Waals surface area (Å²) >= 11 is 0. The lowest BCUT2D eigenvalue weighted by molar-refractivity contribution is -0.140. The average Bonchev–Trinajstić information content (AvgIpc) is 2.48. The summed E-state index contributed by atoms with van der Waals surface area (Å²) in [5.41, 5.74) is -2.57. The van der Waals surface area contributed by atoms with E-state index in [0.717, 1.165) is 17.3 Å². The standard InChI is InChI=1S/C8H7BF3N3O2/c1-14-3(16)2-15-6(17)4(9)5(8(10,11)12)13-7(14)15/h2,9H2,1H3. The number of fused-ring (bicyclic) bond motifs is 1. The molecule has 90 valence electrons. The van der Waals surface area contributed by atoms with Gasteiger partial charge in [0.1, 0.15) is 20.1 Å². The number of alkyl halides is 3. The van der Waals surface area contributed by atoms with Crippen molar-refractivity contribution in [2.45, 2.75) is 12.7 Å². The number of hydrogen-bond donors (Lipinski definition) is 0. The number of hydrogen-bond acceptors (Lipinski definition) is 3. The highest BCUT2D eigenvalue weighted by molar-refractivity contribution is 6.33. The van der Waals surface area contributed by atoms with Gasteiger partial charge in [-0.25, -0.2) is 4.98 Å². The first kappa shape index (κ1) is 11.7. The summed E-state index contributed by atoms with van der Waals surface area (Å²) in [6, 6.07) is 0. The van der Waals surface area contributed by atoms with Gasteiger partial charge in [-0.3, -0.25) is 19.1 Å². The van der Waals surface area contributed by atoms with Gasteiger partial charge in [0, 0.05) is 12.5 Å². The van der Waals surface area contributed by atoms with Crippen molar-refractivity contribution >= 4 is 25.2 Å². The second-order valence-electron chi connectivity index (χ2n) is 3.73. The molecule has 1 aliphatic rings. The lowest BCUT2D eigenvalue weighted by atomic mass is 9.95. The normalized spacial score (nSPS) is 15.3. The first-order valence-corrected chi connectivity index (χ1v) is 4.68. The van der Waals surface area contributed by atoms with Gasteiger partial charge in [-0.05, 0) is 0 Å². The molecule has 17 heavy (non-hydrogen) atoms. The molecule has 0 saturated carbocycles. The van der Waals surface area contributed by atoms with Crippen molar-refractivity contribution in [1.82, 2.24) is 9.55 Å². The Balaban J connectivity index is 2.75. The van der Waals surface area contributed by atoms with E-state index in [1.807, 2.05) is 0 Å². The summed E-state index contributed by atoms with van der Waals surface area (Å²) in [5, 5.41) is 0. The summed E-state index contributed by atoms with van der Waals surface area (Å²) in [6.07, 6.45) is -4.70. The molecule has 0 N–H and O–H groups in total. The van der Waals surface area contributed by atoms with Gasteiger partial charge < -0.3 is 0 Å². The predicted molar refractivity (Wildman–Crippen MR) is 55.1 cm³/mol. The molecule has 0 aromatic carbocycles. The fourth-order valence-electron chi connectivity index (χ4n) is 1.67. The third-order valence-corrected chi connectivity index (χ3v) is 2.61. The zero-order chi connectivity index (χ0) is 13.0. The topological polar surface area (TPSA) is 55.2 Å². The summed E-state index contributed by atoms with van der Waals surface area (Å²) in [6.45, 7) is -0.267. The maximum Gasteiger partial charge on any atom is 0.433 e. The Morgan fingerprint density at radius 3 is 2.47 bits per heavy atom. The van der Waals surface area contributed by atoms with Crippen molar-refractivity contribution in [1.29, 1.82) is 0 Å². The zero-order valence-electron chi connectivity index (χ0n) is 9.00. The van der Waals surface area contributed by atoms with E-state index in [0.29, 0.717) is 0 Å². The van der Waals surface area contributed by atoms with Gasteiger partial charge in [-0.2, -0.15) is 13.2 Å². The Morgan fingerprint density at radius 1 is 1.35 bits per heavy atom. The molecule has 1 aliphatic heterocycles. The van der Waals surface area contributed by atoms with Crippen molar-refractivity contribution in [3.05, 3.63) is 16.0 Å². The van der Waals surface area contributed by atoms with Crippen LogP contribution in [0.25, 0.3) is 0 Å². The second kappa shape index (κ2) is 3.35. The van der Waals surface area contributed by atoms with Crippen LogP contribution < -0.4 is 15.9 Å². The first-order valence-electron chi connectivity index (χ1n) is 4.68. The van der Waals surface area contributed by atoms with Crippen molar-refractivity contribution in [2.75, 3.05) is 11.9 Å². The van der Waals surface area contributed by atoms with E-state index < -0.39 is 28.8 Å². The number of carbonyl (C=O) groups excluding carboxylic acids is 1. The van der Waals surface area contributed by atoms with Gasteiger partial charge in [-0.15, -0.1) is 0 Å². The monoisotopic (exact) mass is 245 g/mol. The molecule has 2 rings (SSSR count). The van der Waals surface area contributed by atoms with E-state index in [-0.39, 0.29) is 12.5 Å². The van der Waals surface area contributed by atoms with Crippen molar-refractivity contribution in [3.8, 4) is 0 Å². The minimum Gasteiger partial charge on any atom is -0.284 e. The van der Waals surface area contributed by atoms with Crippen LogP contribution in [-0.4, -0.2) is 30.4 Å². The van der Waals surface area contributed by atoms with Crippen molar-refractivity contribution in [3.63, 3.8) is 0 Å². The highest BCUT2D eigenvalue weighted by Gasteiger charge is 2.39. The van der Waals surface area contributed by atoms with Gasteiger partial charge in [0.25, 0.3) is 0 Å². The number of likely N-dealkylation sites (N-methyl/N-ethyl adjacent to an activating group) is 1. The van der Waals surface area contributed by atoms with Gasteiger partial charge >= 0.3 is 6.18 Å². The van der Waals surface area contributed by atoms with Crippen LogP contribution in [-0.2, 0) is 17.5 Å². The van der Waals surface area contributed by atoms with Crippen LogP contribution in [0.5, 0.6) is 0 Å². The number of carbonyl (C=O) groups is 1. The molecule has 0 unspecified atom stereocenters. The van der Waals surface area contributed by atoms with Gasteiger partial charge in [0.05, 0.1) is 0 Å². The van der Waals surface area contributed by atoms with Crippen LogP contribution in [0.3, 0.4) is 0 Å².